The lowest BCUT2D eigenvalue weighted by Crippen LogP contribution is -2.54. The van der Waals surface area contributed by atoms with Crippen molar-refractivity contribution in [2.75, 3.05) is 7.11 Å². The van der Waals surface area contributed by atoms with Crippen LogP contribution in [-0.2, 0) is 4.74 Å². The summed E-state index contributed by atoms with van der Waals surface area (Å²) in [7, 11) is 1.67. The molecule has 240 valence electrons. The molecule has 0 fully saturated rings. The lowest BCUT2D eigenvalue weighted by Gasteiger charge is -2.23. The molecule has 5 heteroatoms. The number of ether oxygens (including phenoxy) is 1. The van der Waals surface area contributed by atoms with Crippen LogP contribution in [0.4, 0.5) is 13.2 Å². The summed E-state index contributed by atoms with van der Waals surface area (Å²) in [6, 6.07) is 8.37. The third-order valence-corrected chi connectivity index (χ3v) is 9.09. The van der Waals surface area contributed by atoms with Crippen LogP contribution in [0.1, 0.15) is 52.0 Å². The maximum absolute atomic E-state index is 13.7. The van der Waals surface area contributed by atoms with Gasteiger partial charge in [-0.05, 0) is 89.3 Å². The summed E-state index contributed by atoms with van der Waals surface area (Å²) in [6.45, 7) is 8.73. The molecule has 0 unspecified atom stereocenters. The van der Waals surface area contributed by atoms with Crippen molar-refractivity contribution in [2.24, 2.45) is 5.41 Å². The van der Waals surface area contributed by atoms with Gasteiger partial charge in [-0.25, -0.2) is 4.98 Å². The molecule has 4 aliphatic rings. The van der Waals surface area contributed by atoms with Gasteiger partial charge in [0.1, 0.15) is 5.76 Å². The van der Waals surface area contributed by atoms with Gasteiger partial charge in [-0.3, -0.25) is 0 Å². The third kappa shape index (κ3) is 6.76. The zero-order valence-electron chi connectivity index (χ0n) is 27.6. The molecule has 0 N–H and O–H groups in total. The smallest absolute Gasteiger partial charge is 0.416 e. The van der Waals surface area contributed by atoms with Crippen molar-refractivity contribution in [3.63, 3.8) is 0 Å². The average molecular weight is 632 g/mol. The Kier molecular flexibility index (Phi) is 8.84. The van der Waals surface area contributed by atoms with Gasteiger partial charge in [-0.1, -0.05) is 111 Å². The van der Waals surface area contributed by atoms with Crippen LogP contribution in [0.3, 0.4) is 0 Å². The minimum absolute atomic E-state index is 0.0158. The van der Waals surface area contributed by atoms with Crippen LogP contribution >= 0.6 is 0 Å². The number of hydrogen-bond donors (Lipinski definition) is 0. The fraction of sp³-hybridized carbons (Fsp3) is 0.262. The molecule has 6 rings (SSSR count). The maximum atomic E-state index is 13.7. The van der Waals surface area contributed by atoms with Gasteiger partial charge in [-0.2, -0.15) is 13.2 Å². The zero-order valence-corrected chi connectivity index (χ0v) is 27.6. The predicted molar refractivity (Wildman–Crippen MR) is 187 cm³/mol. The van der Waals surface area contributed by atoms with Crippen LogP contribution in [0, 0.1) is 12.3 Å². The number of methoxy groups -OCH3 is 1. The summed E-state index contributed by atoms with van der Waals surface area (Å²) in [4.78, 5) is 5.46. The zero-order chi connectivity index (χ0) is 33.3. The number of alkyl halides is 3. The van der Waals surface area contributed by atoms with E-state index in [9.17, 15) is 13.2 Å². The number of nitrogens with zero attached hydrogens (tertiary/aromatic N) is 1. The quantitative estimate of drug-likeness (QED) is 0.335. The summed E-state index contributed by atoms with van der Waals surface area (Å²) >= 11 is 0. The number of benzene rings is 1. The van der Waals surface area contributed by atoms with Gasteiger partial charge in [0.05, 0.1) is 23.7 Å². The largest absolute Gasteiger partial charge is 0.497 e. The van der Waals surface area contributed by atoms with Crippen molar-refractivity contribution in [3.05, 3.63) is 147 Å². The number of aryl methyl sites for hydroxylation is 1. The Balaban J connectivity index is 1.84. The highest BCUT2D eigenvalue weighted by Crippen LogP contribution is 2.32. The number of pyridine rings is 1. The Labute approximate surface area is 274 Å². The van der Waals surface area contributed by atoms with Gasteiger partial charge in [0, 0.05) is 16.0 Å². The van der Waals surface area contributed by atoms with Gasteiger partial charge >= 0.3 is 6.18 Å². The van der Waals surface area contributed by atoms with E-state index in [1.807, 2.05) is 18.2 Å². The molecule has 0 atom stereocenters. The van der Waals surface area contributed by atoms with Crippen LogP contribution in [0.15, 0.2) is 120 Å². The summed E-state index contributed by atoms with van der Waals surface area (Å²) < 4.78 is 46.6. The second-order valence-corrected chi connectivity index (χ2v) is 13.4. The highest BCUT2D eigenvalue weighted by Gasteiger charge is 2.32. The van der Waals surface area contributed by atoms with Gasteiger partial charge in [0.15, 0.2) is 0 Å². The molecular formula is C42H40F3NO. The van der Waals surface area contributed by atoms with E-state index in [1.165, 1.54) is 17.7 Å². The molecule has 0 saturated carbocycles. The highest BCUT2D eigenvalue weighted by atomic mass is 19.4. The van der Waals surface area contributed by atoms with E-state index in [0.29, 0.717) is 12.8 Å². The summed E-state index contributed by atoms with van der Waals surface area (Å²) in [6.07, 6.45) is 23.1. The first-order chi connectivity index (χ1) is 22.4. The summed E-state index contributed by atoms with van der Waals surface area (Å²) in [5, 5.41) is 3.82. The van der Waals surface area contributed by atoms with E-state index >= 15 is 0 Å². The Bertz CT molecular complexity index is 2120. The van der Waals surface area contributed by atoms with E-state index < -0.39 is 11.7 Å². The Morgan fingerprint density at radius 1 is 0.638 bits per heavy atom. The molecule has 1 aromatic heterocycles. The SMILES string of the molecule is COC1=CCC(=c2c(=C3C=CC(C(C)(C)C)=CC3)c(-c3ccc(C)cc3)nc(=C3C=CC(C(F)(F)F)=CC3)c2=C2C=CC=CC2)C=C1. The molecule has 0 amide bonds. The van der Waals surface area contributed by atoms with Crippen LogP contribution in [0.2, 0.25) is 0 Å². The van der Waals surface area contributed by atoms with E-state index in [2.05, 4.69) is 94.5 Å². The number of hydrogen-bond acceptors (Lipinski definition) is 2. The lowest BCUT2D eigenvalue weighted by atomic mass is 9.82. The molecule has 1 aromatic carbocycles. The highest BCUT2D eigenvalue weighted by molar-refractivity contribution is 5.77. The van der Waals surface area contributed by atoms with Gasteiger partial charge < -0.3 is 4.74 Å². The fourth-order valence-electron chi connectivity index (χ4n) is 6.47. The number of aromatic nitrogens is 1. The normalized spacial score (nSPS) is 22.7. The van der Waals surface area contributed by atoms with E-state index in [0.717, 1.165) is 72.3 Å². The number of rotatable bonds is 2. The lowest BCUT2D eigenvalue weighted by molar-refractivity contribution is -0.0884. The van der Waals surface area contributed by atoms with E-state index in [4.69, 9.17) is 9.72 Å². The van der Waals surface area contributed by atoms with Crippen molar-refractivity contribution in [1.29, 1.82) is 0 Å². The van der Waals surface area contributed by atoms with Gasteiger partial charge in [0.2, 0.25) is 0 Å². The minimum atomic E-state index is -4.40. The first kappa shape index (κ1) is 32.3. The van der Waals surface area contributed by atoms with Crippen molar-refractivity contribution in [1.82, 2.24) is 4.98 Å². The molecule has 0 spiro atoms. The molecule has 0 aliphatic heterocycles. The first-order valence-electron chi connectivity index (χ1n) is 16.1. The first-order valence-corrected chi connectivity index (χ1v) is 16.1. The van der Waals surface area contributed by atoms with E-state index in [-0.39, 0.29) is 11.8 Å². The topological polar surface area (TPSA) is 22.1 Å². The molecular weight excluding hydrogens is 591 g/mol. The van der Waals surface area contributed by atoms with Crippen molar-refractivity contribution < 1.29 is 17.9 Å². The maximum Gasteiger partial charge on any atom is 0.416 e. The molecule has 1 heterocycles. The Morgan fingerprint density at radius 3 is 1.81 bits per heavy atom. The van der Waals surface area contributed by atoms with Crippen LogP contribution < -0.4 is 21.0 Å². The van der Waals surface area contributed by atoms with Crippen LogP contribution in [0.5, 0.6) is 0 Å². The third-order valence-electron chi connectivity index (χ3n) is 9.09. The number of halogens is 3. The monoisotopic (exact) mass is 631 g/mol. The second-order valence-electron chi connectivity index (χ2n) is 13.4. The van der Waals surface area contributed by atoms with Gasteiger partial charge in [-0.15, -0.1) is 0 Å². The predicted octanol–water partition coefficient (Wildman–Crippen LogP) is 8.05. The molecule has 4 aliphatic carbocycles. The summed E-state index contributed by atoms with van der Waals surface area (Å²) in [5.41, 5.74) is 7.73. The molecule has 2 aromatic rings. The molecule has 0 radical (unpaired) electrons. The fourth-order valence-corrected chi connectivity index (χ4v) is 6.47. The van der Waals surface area contributed by atoms with Gasteiger partial charge in [0.25, 0.3) is 0 Å². The molecule has 0 bridgehead atoms. The summed E-state index contributed by atoms with van der Waals surface area (Å²) in [5.74, 6) is 0.801. The van der Waals surface area contributed by atoms with Crippen molar-refractivity contribution in [2.45, 2.75) is 59.6 Å². The molecule has 47 heavy (non-hydrogen) atoms. The minimum Gasteiger partial charge on any atom is -0.497 e. The standard InChI is InChI=1S/C42H40F3NO/c1-27-11-13-31(14-12-27)39-38(30-15-21-33(22-16-30)41(2,3)4)36(29-19-25-35(47-5)26-20-29)37(28-9-7-6-8-10-28)40(46-39)32-17-23-34(24-18-32)42(43,44)45/h6-9,11-15,17,19,21-26H,10,16,18,20H2,1-5H3. The average Bonchev–Trinajstić information content (AvgIpc) is 3.07. The van der Waals surface area contributed by atoms with E-state index in [1.54, 1.807) is 13.2 Å². The number of allylic oxidation sites excluding steroid dienone is 15. The van der Waals surface area contributed by atoms with Crippen molar-refractivity contribution in [3.8, 4) is 11.3 Å². The molecule has 0 saturated heterocycles. The second kappa shape index (κ2) is 12.9. The molecule has 2 nitrogen and oxygen atoms in total. The van der Waals surface area contributed by atoms with Crippen molar-refractivity contribution >= 4 is 22.3 Å². The van der Waals surface area contributed by atoms with Crippen LogP contribution in [0.25, 0.3) is 33.5 Å². The van der Waals surface area contributed by atoms with Crippen LogP contribution in [-0.4, -0.2) is 18.3 Å². The Morgan fingerprint density at radius 2 is 1.26 bits per heavy atom. The Hall–Kier alpha value is -4.64.